The topological polar surface area (TPSA) is 131 Å². The molecule has 30 heavy (non-hydrogen) atoms. The summed E-state index contributed by atoms with van der Waals surface area (Å²) in [6.07, 6.45) is 0. The van der Waals surface area contributed by atoms with Crippen molar-refractivity contribution in [2.24, 2.45) is 0 Å². The summed E-state index contributed by atoms with van der Waals surface area (Å²) in [5.74, 6) is -1.49. The first kappa shape index (κ1) is 21.2. The third-order valence-corrected chi connectivity index (χ3v) is 5.54. The molecule has 2 aromatic heterocycles. The Bertz CT molecular complexity index is 1240. The Morgan fingerprint density at radius 3 is 2.40 bits per heavy atom. The summed E-state index contributed by atoms with van der Waals surface area (Å²) in [5, 5.41) is 7.58. The number of rotatable bonds is 6. The van der Waals surface area contributed by atoms with Crippen LogP contribution in [0.1, 0.15) is 34.4 Å². The van der Waals surface area contributed by atoms with Crippen LogP contribution in [0.25, 0.3) is 5.69 Å². The average molecular weight is 433 g/mol. The van der Waals surface area contributed by atoms with E-state index in [4.69, 9.17) is 13.4 Å². The van der Waals surface area contributed by atoms with Crippen molar-refractivity contribution in [2.45, 2.75) is 32.6 Å². The third kappa shape index (κ3) is 4.10. The summed E-state index contributed by atoms with van der Waals surface area (Å²) in [7, 11) is -4.45. The van der Waals surface area contributed by atoms with E-state index in [0.29, 0.717) is 5.69 Å². The molecule has 1 aromatic carbocycles. The Balaban J connectivity index is 2.14. The molecule has 0 aliphatic carbocycles. The summed E-state index contributed by atoms with van der Waals surface area (Å²) in [5.41, 5.74) is 0.258. The maximum Gasteiger partial charge on any atom is 0.362 e. The Kier molecular flexibility index (Phi) is 5.74. The summed E-state index contributed by atoms with van der Waals surface area (Å²) in [6, 6.07) is 7.67. The zero-order valence-electron chi connectivity index (χ0n) is 16.7. The standard InChI is InChI=1S/C19H19N3O7S/c1-5-27-19(24)17-15(29-30(25,26)18-12(3)21-28-13(18)4)10-16(23)22(20-17)14-8-6-11(2)7-9-14/h6-10H,5H2,1-4H3. The average Bonchev–Trinajstić information content (AvgIpc) is 3.02. The van der Waals surface area contributed by atoms with Gasteiger partial charge >= 0.3 is 16.1 Å². The molecule has 11 heteroatoms. The lowest BCUT2D eigenvalue weighted by Crippen LogP contribution is -2.26. The molecule has 0 radical (unpaired) electrons. The molecule has 0 saturated carbocycles. The fraction of sp³-hybridized carbons (Fsp3) is 0.263. The van der Waals surface area contributed by atoms with Gasteiger partial charge in [0.2, 0.25) is 5.69 Å². The van der Waals surface area contributed by atoms with Crippen LogP contribution in [-0.2, 0) is 14.9 Å². The Morgan fingerprint density at radius 1 is 1.17 bits per heavy atom. The highest BCUT2D eigenvalue weighted by atomic mass is 32.2. The lowest BCUT2D eigenvalue weighted by atomic mass is 10.2. The lowest BCUT2D eigenvalue weighted by Gasteiger charge is -2.12. The smallest absolute Gasteiger partial charge is 0.362 e. The number of aromatic nitrogens is 3. The van der Waals surface area contributed by atoms with Crippen molar-refractivity contribution < 1.29 is 26.7 Å². The van der Waals surface area contributed by atoms with Crippen molar-refractivity contribution >= 4 is 16.1 Å². The van der Waals surface area contributed by atoms with Crippen molar-refractivity contribution in [3.8, 4) is 11.4 Å². The molecule has 0 aliphatic rings. The van der Waals surface area contributed by atoms with Crippen LogP contribution in [0.5, 0.6) is 5.75 Å². The molecule has 0 atom stereocenters. The SMILES string of the molecule is CCOC(=O)c1nn(-c2ccc(C)cc2)c(=O)cc1OS(=O)(=O)c1c(C)noc1C. The number of hydrogen-bond acceptors (Lipinski definition) is 9. The number of hydrogen-bond donors (Lipinski definition) is 0. The van der Waals surface area contributed by atoms with Crippen LogP contribution in [-0.4, -0.2) is 35.9 Å². The van der Waals surface area contributed by atoms with Crippen molar-refractivity contribution in [1.29, 1.82) is 0 Å². The van der Waals surface area contributed by atoms with Crippen LogP contribution in [0.4, 0.5) is 0 Å². The number of carbonyl (C=O) groups is 1. The van der Waals surface area contributed by atoms with Crippen LogP contribution in [0.3, 0.4) is 0 Å². The van der Waals surface area contributed by atoms with Gasteiger partial charge in [-0.1, -0.05) is 22.9 Å². The van der Waals surface area contributed by atoms with Gasteiger partial charge in [-0.05, 0) is 39.8 Å². The second kappa shape index (κ2) is 8.11. The normalized spacial score (nSPS) is 11.3. The summed E-state index contributed by atoms with van der Waals surface area (Å²) >= 11 is 0. The van der Waals surface area contributed by atoms with Crippen molar-refractivity contribution in [1.82, 2.24) is 14.9 Å². The maximum atomic E-state index is 12.7. The van der Waals surface area contributed by atoms with Gasteiger partial charge in [0.1, 0.15) is 5.69 Å². The van der Waals surface area contributed by atoms with E-state index < -0.39 is 33.1 Å². The molecule has 0 aliphatic heterocycles. The van der Waals surface area contributed by atoms with E-state index in [1.54, 1.807) is 31.2 Å². The van der Waals surface area contributed by atoms with E-state index in [0.717, 1.165) is 16.3 Å². The first-order valence-electron chi connectivity index (χ1n) is 8.90. The number of aryl methyl sites for hydroxylation is 3. The predicted molar refractivity (Wildman–Crippen MR) is 104 cm³/mol. The molecule has 0 N–H and O–H groups in total. The first-order valence-corrected chi connectivity index (χ1v) is 10.3. The third-order valence-electron chi connectivity index (χ3n) is 4.06. The van der Waals surface area contributed by atoms with Crippen LogP contribution in [0.15, 0.2) is 44.5 Å². The van der Waals surface area contributed by atoms with Crippen molar-refractivity contribution in [3.63, 3.8) is 0 Å². The molecular weight excluding hydrogens is 414 g/mol. The maximum absolute atomic E-state index is 12.7. The van der Waals surface area contributed by atoms with Crippen molar-refractivity contribution in [3.05, 3.63) is 63.4 Å². The Hall–Kier alpha value is -3.47. The highest BCUT2D eigenvalue weighted by Gasteiger charge is 2.30. The number of benzene rings is 1. The highest BCUT2D eigenvalue weighted by Crippen LogP contribution is 2.25. The molecule has 0 bridgehead atoms. The van der Waals surface area contributed by atoms with Gasteiger partial charge in [0, 0.05) is 0 Å². The van der Waals surface area contributed by atoms with Crippen molar-refractivity contribution in [2.75, 3.05) is 6.61 Å². The van der Waals surface area contributed by atoms with Gasteiger partial charge in [-0.15, -0.1) is 0 Å². The number of ether oxygens (including phenoxy) is 1. The second-order valence-electron chi connectivity index (χ2n) is 6.35. The molecule has 0 unspecified atom stereocenters. The van der Waals surface area contributed by atoms with E-state index in [1.165, 1.54) is 13.8 Å². The van der Waals surface area contributed by atoms with Crippen LogP contribution in [0, 0.1) is 20.8 Å². The minimum absolute atomic E-state index is 0.00569. The largest absolute Gasteiger partial charge is 0.461 e. The monoisotopic (exact) mass is 433 g/mol. The van der Waals surface area contributed by atoms with E-state index >= 15 is 0 Å². The fourth-order valence-corrected chi connectivity index (χ4v) is 3.94. The lowest BCUT2D eigenvalue weighted by molar-refractivity contribution is 0.0515. The molecule has 0 fully saturated rings. The second-order valence-corrected chi connectivity index (χ2v) is 7.84. The van der Waals surface area contributed by atoms with Gasteiger partial charge in [-0.2, -0.15) is 18.2 Å². The molecule has 2 heterocycles. The molecule has 158 valence electrons. The molecule has 0 spiro atoms. The van der Waals surface area contributed by atoms with Gasteiger partial charge in [0.05, 0.1) is 18.4 Å². The van der Waals surface area contributed by atoms with Crippen LogP contribution in [0.2, 0.25) is 0 Å². The van der Waals surface area contributed by atoms with Gasteiger partial charge in [0.15, 0.2) is 16.4 Å². The summed E-state index contributed by atoms with van der Waals surface area (Å²) in [6.45, 7) is 6.29. The molecular formula is C19H19N3O7S. The zero-order chi connectivity index (χ0) is 22.1. The van der Waals surface area contributed by atoms with E-state index in [9.17, 15) is 18.0 Å². The molecule has 0 amide bonds. The molecule has 0 saturated heterocycles. The Morgan fingerprint density at radius 2 is 1.83 bits per heavy atom. The van der Waals surface area contributed by atoms with Gasteiger partial charge in [-0.25, -0.2) is 4.79 Å². The predicted octanol–water partition coefficient (Wildman–Crippen LogP) is 2.09. The van der Waals surface area contributed by atoms with E-state index in [1.807, 2.05) is 6.92 Å². The molecule has 10 nitrogen and oxygen atoms in total. The molecule has 3 aromatic rings. The fourth-order valence-electron chi connectivity index (χ4n) is 2.71. The zero-order valence-corrected chi connectivity index (χ0v) is 17.5. The van der Waals surface area contributed by atoms with Gasteiger partial charge < -0.3 is 13.4 Å². The minimum atomic E-state index is -4.45. The first-order chi connectivity index (χ1) is 14.1. The highest BCUT2D eigenvalue weighted by molar-refractivity contribution is 7.87. The van der Waals surface area contributed by atoms with E-state index in [2.05, 4.69) is 10.3 Å². The summed E-state index contributed by atoms with van der Waals surface area (Å²) < 4.78 is 41.3. The number of esters is 1. The minimum Gasteiger partial charge on any atom is -0.461 e. The van der Waals surface area contributed by atoms with E-state index in [-0.39, 0.29) is 23.0 Å². The van der Waals surface area contributed by atoms with Crippen LogP contribution >= 0.6 is 0 Å². The Labute approximate surface area is 172 Å². The quantitative estimate of drug-likeness (QED) is 0.423. The number of nitrogens with zero attached hydrogens (tertiary/aromatic N) is 3. The van der Waals surface area contributed by atoms with Gasteiger partial charge in [0.25, 0.3) is 5.56 Å². The van der Waals surface area contributed by atoms with Crippen LogP contribution < -0.4 is 9.74 Å². The summed E-state index contributed by atoms with van der Waals surface area (Å²) in [4.78, 5) is 24.7. The number of carbonyl (C=O) groups excluding carboxylic acids is 1. The van der Waals surface area contributed by atoms with Gasteiger partial charge in [-0.3, -0.25) is 4.79 Å². The molecule has 3 rings (SSSR count).